The number of hydrogen-bond acceptors (Lipinski definition) is 7. The molecule has 0 aliphatic carbocycles. The van der Waals surface area contributed by atoms with Crippen LogP contribution in [-0.4, -0.2) is 19.9 Å². The van der Waals surface area contributed by atoms with E-state index in [1.165, 1.54) is 25.6 Å². The van der Waals surface area contributed by atoms with Crippen molar-refractivity contribution in [3.8, 4) is 57.2 Å². The van der Waals surface area contributed by atoms with Crippen molar-refractivity contribution in [1.29, 1.82) is 10.5 Å². The van der Waals surface area contributed by atoms with E-state index >= 15 is 0 Å². The van der Waals surface area contributed by atoms with Crippen LogP contribution in [-0.2, 0) is 0 Å². The largest absolute Gasteiger partial charge is 0.248 e. The molecule has 0 bridgehead atoms. The fourth-order valence-electron chi connectivity index (χ4n) is 5.81. The molecule has 0 N–H and O–H groups in total. The molecule has 0 saturated carbocycles. The van der Waals surface area contributed by atoms with Gasteiger partial charge in [0.1, 0.15) is 23.5 Å². The molecular formula is C38H20N6S. The minimum Gasteiger partial charge on any atom is -0.248 e. The molecule has 6 nitrogen and oxygen atoms in total. The second kappa shape index (κ2) is 10.8. The maximum atomic E-state index is 9.33. The van der Waals surface area contributed by atoms with Gasteiger partial charge in [-0.25, -0.2) is 19.9 Å². The average molecular weight is 593 g/mol. The third-order valence-electron chi connectivity index (χ3n) is 7.89. The zero-order valence-corrected chi connectivity index (χ0v) is 24.5. The van der Waals surface area contributed by atoms with Gasteiger partial charge < -0.3 is 0 Å². The van der Waals surface area contributed by atoms with E-state index < -0.39 is 0 Å². The van der Waals surface area contributed by atoms with Crippen molar-refractivity contribution >= 4 is 42.3 Å². The van der Waals surface area contributed by atoms with Crippen molar-refractivity contribution in [2.45, 2.75) is 0 Å². The predicted molar refractivity (Wildman–Crippen MR) is 179 cm³/mol. The molecule has 0 spiro atoms. The number of aromatic nitrogens is 4. The van der Waals surface area contributed by atoms with Gasteiger partial charge in [-0.15, -0.1) is 11.3 Å². The molecule has 0 aliphatic rings. The Morgan fingerprint density at radius 1 is 0.489 bits per heavy atom. The molecule has 5 heterocycles. The third-order valence-corrected chi connectivity index (χ3v) is 8.99. The van der Waals surface area contributed by atoms with Crippen molar-refractivity contribution in [1.82, 2.24) is 19.9 Å². The van der Waals surface area contributed by atoms with Gasteiger partial charge in [0.2, 0.25) is 0 Å². The van der Waals surface area contributed by atoms with Crippen molar-refractivity contribution in [2.24, 2.45) is 0 Å². The molecule has 7 heteroatoms. The number of nitrogens with zero attached hydrogens (tertiary/aromatic N) is 6. The first-order valence-corrected chi connectivity index (χ1v) is 15.1. The Morgan fingerprint density at radius 2 is 1.07 bits per heavy atom. The quantitative estimate of drug-likeness (QED) is 0.202. The number of nitriles is 2. The molecule has 45 heavy (non-hydrogen) atoms. The van der Waals surface area contributed by atoms with Crippen LogP contribution in [0.15, 0.2) is 122 Å². The highest BCUT2D eigenvalue weighted by Crippen LogP contribution is 2.43. The van der Waals surface area contributed by atoms with Gasteiger partial charge in [0.15, 0.2) is 0 Å². The van der Waals surface area contributed by atoms with Crippen LogP contribution in [0.5, 0.6) is 0 Å². The molecule has 0 aliphatic heterocycles. The molecule has 0 radical (unpaired) electrons. The molecule has 5 aromatic heterocycles. The summed E-state index contributed by atoms with van der Waals surface area (Å²) in [6, 6.07) is 40.7. The van der Waals surface area contributed by atoms with E-state index in [2.05, 4.69) is 70.6 Å². The van der Waals surface area contributed by atoms with Gasteiger partial charge in [0.05, 0.1) is 22.8 Å². The zero-order valence-electron chi connectivity index (χ0n) is 23.6. The van der Waals surface area contributed by atoms with Gasteiger partial charge in [-0.2, -0.15) is 10.5 Å². The first kappa shape index (κ1) is 26.4. The summed E-state index contributed by atoms with van der Waals surface area (Å²) in [6.45, 7) is 0. The molecule has 0 fully saturated rings. The van der Waals surface area contributed by atoms with Gasteiger partial charge in [-0.1, -0.05) is 48.5 Å². The van der Waals surface area contributed by atoms with Crippen molar-refractivity contribution in [3.63, 3.8) is 0 Å². The highest BCUT2D eigenvalue weighted by atomic mass is 32.1. The lowest BCUT2D eigenvalue weighted by Gasteiger charge is -2.10. The summed E-state index contributed by atoms with van der Waals surface area (Å²) in [5.74, 6) is 0. The van der Waals surface area contributed by atoms with Crippen LogP contribution in [0.3, 0.4) is 0 Å². The Labute approximate surface area is 262 Å². The molecule has 8 rings (SSSR count). The Hall–Kier alpha value is -6.28. The fraction of sp³-hybridized carbons (Fsp3) is 0. The summed E-state index contributed by atoms with van der Waals surface area (Å²) in [7, 11) is 0. The summed E-state index contributed by atoms with van der Waals surface area (Å²) in [4.78, 5) is 18.2. The summed E-state index contributed by atoms with van der Waals surface area (Å²) in [5.41, 5.74) is 7.86. The molecule has 0 unspecified atom stereocenters. The van der Waals surface area contributed by atoms with Crippen LogP contribution in [0.2, 0.25) is 0 Å². The van der Waals surface area contributed by atoms with E-state index in [1.807, 2.05) is 48.5 Å². The van der Waals surface area contributed by atoms with Gasteiger partial charge in [0.25, 0.3) is 0 Å². The Bertz CT molecular complexity index is 2540. The topological polar surface area (TPSA) is 99.1 Å². The Kier molecular flexibility index (Phi) is 6.31. The van der Waals surface area contributed by atoms with Crippen LogP contribution < -0.4 is 0 Å². The third kappa shape index (κ3) is 4.65. The molecule has 0 atom stereocenters. The normalized spacial score (nSPS) is 11.1. The van der Waals surface area contributed by atoms with E-state index in [0.717, 1.165) is 50.4 Å². The van der Waals surface area contributed by atoms with E-state index in [4.69, 9.17) is 9.97 Å². The molecule has 0 saturated heterocycles. The smallest absolute Gasteiger partial charge is 0.141 e. The highest BCUT2D eigenvalue weighted by molar-refractivity contribution is 7.26. The molecular weight excluding hydrogens is 573 g/mol. The monoisotopic (exact) mass is 592 g/mol. The van der Waals surface area contributed by atoms with Crippen molar-refractivity contribution in [3.05, 3.63) is 133 Å². The SMILES string of the molecule is N#Cc1cc(-c2cccc(-c3ccc4c(c3)sc3cc(-c5cccc(-c6ccnc(C#N)c6)n5)c5ccccc5c34)n2)ccn1. The van der Waals surface area contributed by atoms with Gasteiger partial charge in [0, 0.05) is 54.8 Å². The zero-order chi connectivity index (χ0) is 30.3. The molecule has 0 amide bonds. The molecule has 8 aromatic rings. The van der Waals surface area contributed by atoms with Crippen LogP contribution >= 0.6 is 11.3 Å². The lowest BCUT2D eigenvalue weighted by Crippen LogP contribution is -1.91. The summed E-state index contributed by atoms with van der Waals surface area (Å²) in [6.07, 6.45) is 3.28. The van der Waals surface area contributed by atoms with Crippen LogP contribution in [0.4, 0.5) is 0 Å². The number of hydrogen-bond donors (Lipinski definition) is 0. The van der Waals surface area contributed by atoms with Crippen molar-refractivity contribution < 1.29 is 0 Å². The maximum absolute atomic E-state index is 9.33. The Balaban J connectivity index is 1.26. The lowest BCUT2D eigenvalue weighted by atomic mass is 9.96. The number of benzene rings is 3. The number of thiophene rings is 1. The second-order valence-corrected chi connectivity index (χ2v) is 11.6. The van der Waals surface area contributed by atoms with E-state index in [1.54, 1.807) is 35.9 Å². The lowest BCUT2D eigenvalue weighted by molar-refractivity contribution is 1.25. The minimum absolute atomic E-state index is 0.364. The molecule has 3 aromatic carbocycles. The predicted octanol–water partition coefficient (Wildman–Crippen LogP) is 9.20. The van der Waals surface area contributed by atoms with Crippen LogP contribution in [0.25, 0.3) is 76.0 Å². The van der Waals surface area contributed by atoms with Crippen LogP contribution in [0, 0.1) is 22.7 Å². The van der Waals surface area contributed by atoms with Gasteiger partial charge in [-0.3, -0.25) is 0 Å². The number of fused-ring (bicyclic) bond motifs is 5. The van der Waals surface area contributed by atoms with Crippen molar-refractivity contribution in [2.75, 3.05) is 0 Å². The van der Waals surface area contributed by atoms with E-state index in [0.29, 0.717) is 11.4 Å². The Morgan fingerprint density at radius 3 is 1.71 bits per heavy atom. The van der Waals surface area contributed by atoms with Crippen LogP contribution in [0.1, 0.15) is 11.4 Å². The van der Waals surface area contributed by atoms with Gasteiger partial charge in [-0.05, 0) is 71.4 Å². The summed E-state index contributed by atoms with van der Waals surface area (Å²) in [5, 5.41) is 23.4. The fourth-order valence-corrected chi connectivity index (χ4v) is 7.02. The van der Waals surface area contributed by atoms with E-state index in [9.17, 15) is 10.5 Å². The summed E-state index contributed by atoms with van der Waals surface area (Å²) < 4.78 is 2.36. The number of pyridine rings is 4. The summed E-state index contributed by atoms with van der Waals surface area (Å²) >= 11 is 1.76. The first-order chi connectivity index (χ1) is 22.2. The standard InChI is InChI=1S/C38H20N6S/c39-21-26-17-24(13-15-41-26)33-8-3-7-32(43-33)23-11-12-30-36(19-23)45-37-20-31(28-5-1-2-6-29(28)38(30)37)35-10-4-9-34(44-35)25-14-16-42-27(18-25)22-40/h1-20H. The maximum Gasteiger partial charge on any atom is 0.141 e. The van der Waals surface area contributed by atoms with Gasteiger partial charge >= 0.3 is 0 Å². The highest BCUT2D eigenvalue weighted by Gasteiger charge is 2.16. The van der Waals surface area contributed by atoms with E-state index in [-0.39, 0.29) is 0 Å². The number of rotatable bonds is 4. The average Bonchev–Trinajstić information content (AvgIpc) is 3.49. The first-order valence-electron chi connectivity index (χ1n) is 14.2. The molecule has 208 valence electrons. The second-order valence-electron chi connectivity index (χ2n) is 10.6. The minimum atomic E-state index is 0.364.